The zero-order chi connectivity index (χ0) is 22.6. The standard InChI is InChI=1S/C28H41N3O/c1-4-6-8-10-11-12-15-22-19-23(16-13-9-7-5-2)30-25(22)20-27-28(32-3)21-26(31-27)24-17-14-18-29-24/h14,17-21,29-30H,4-13,15-16H2,1-3H3/b27-20-. The molecule has 32 heavy (non-hydrogen) atoms. The van der Waals surface area contributed by atoms with Gasteiger partial charge in [-0.2, -0.15) is 0 Å². The quantitative estimate of drug-likeness (QED) is 0.276. The van der Waals surface area contributed by atoms with Crippen molar-refractivity contribution in [3.63, 3.8) is 0 Å². The van der Waals surface area contributed by atoms with Crippen LogP contribution in [-0.4, -0.2) is 22.8 Å². The Balaban J connectivity index is 1.74. The SMILES string of the molecule is CCCCCCCCc1cc(CCCCCC)[nH]c1/C=C1\N=C(c2ccc[nH]2)C=C1OC. The van der Waals surface area contributed by atoms with Gasteiger partial charge in [-0.05, 0) is 55.5 Å². The molecule has 0 fully saturated rings. The Labute approximate surface area is 194 Å². The number of unbranched alkanes of at least 4 members (excludes halogenated alkanes) is 8. The summed E-state index contributed by atoms with van der Waals surface area (Å²) >= 11 is 0. The lowest BCUT2D eigenvalue weighted by atomic mass is 10.0. The van der Waals surface area contributed by atoms with Gasteiger partial charge in [0.1, 0.15) is 11.5 Å². The second-order valence-electron chi connectivity index (χ2n) is 8.89. The molecule has 2 aromatic heterocycles. The number of aromatic amines is 2. The molecule has 0 spiro atoms. The van der Waals surface area contributed by atoms with E-state index in [1.165, 1.54) is 81.2 Å². The summed E-state index contributed by atoms with van der Waals surface area (Å²) in [7, 11) is 1.72. The van der Waals surface area contributed by atoms with Gasteiger partial charge in [-0.1, -0.05) is 65.2 Å². The van der Waals surface area contributed by atoms with E-state index in [4.69, 9.17) is 9.73 Å². The number of H-pyrrole nitrogens is 2. The Morgan fingerprint density at radius 3 is 2.38 bits per heavy atom. The van der Waals surface area contributed by atoms with Gasteiger partial charge in [0, 0.05) is 23.7 Å². The van der Waals surface area contributed by atoms with Gasteiger partial charge in [0.2, 0.25) is 0 Å². The van der Waals surface area contributed by atoms with Crippen molar-refractivity contribution in [2.24, 2.45) is 4.99 Å². The van der Waals surface area contributed by atoms with Crippen LogP contribution in [0, 0.1) is 0 Å². The van der Waals surface area contributed by atoms with Gasteiger partial charge in [0.15, 0.2) is 0 Å². The predicted molar refractivity (Wildman–Crippen MR) is 136 cm³/mol. The van der Waals surface area contributed by atoms with Crippen LogP contribution in [-0.2, 0) is 17.6 Å². The number of nitrogens with one attached hydrogen (secondary N) is 2. The molecule has 1 aliphatic rings. The molecule has 0 aromatic carbocycles. The van der Waals surface area contributed by atoms with Crippen molar-refractivity contribution in [3.8, 4) is 0 Å². The molecule has 0 radical (unpaired) electrons. The molecular formula is C28H41N3O. The number of allylic oxidation sites excluding steroid dienone is 1. The Kier molecular flexibility index (Phi) is 9.93. The van der Waals surface area contributed by atoms with Crippen LogP contribution in [0.25, 0.3) is 6.08 Å². The van der Waals surface area contributed by atoms with Crippen molar-refractivity contribution in [2.45, 2.75) is 90.9 Å². The Hall–Kier alpha value is -2.49. The summed E-state index contributed by atoms with van der Waals surface area (Å²) in [6.07, 6.45) is 21.4. The summed E-state index contributed by atoms with van der Waals surface area (Å²) in [6.45, 7) is 4.54. The molecule has 0 bridgehead atoms. The van der Waals surface area contributed by atoms with Gasteiger partial charge in [-0.3, -0.25) is 0 Å². The van der Waals surface area contributed by atoms with Crippen LogP contribution in [0.1, 0.15) is 101 Å². The van der Waals surface area contributed by atoms with E-state index in [1.54, 1.807) is 7.11 Å². The van der Waals surface area contributed by atoms with E-state index in [2.05, 4.69) is 36.0 Å². The fraction of sp³-hybridized carbons (Fsp3) is 0.536. The van der Waals surface area contributed by atoms with Crippen molar-refractivity contribution < 1.29 is 4.74 Å². The number of aromatic nitrogens is 2. The molecule has 1 aliphatic heterocycles. The molecule has 0 saturated carbocycles. The molecule has 174 valence electrons. The van der Waals surface area contributed by atoms with Gasteiger partial charge >= 0.3 is 0 Å². The second kappa shape index (κ2) is 13.1. The van der Waals surface area contributed by atoms with E-state index >= 15 is 0 Å². The maximum atomic E-state index is 5.65. The van der Waals surface area contributed by atoms with Crippen LogP contribution in [0.3, 0.4) is 0 Å². The highest BCUT2D eigenvalue weighted by Gasteiger charge is 2.18. The van der Waals surface area contributed by atoms with Crippen molar-refractivity contribution in [1.82, 2.24) is 9.97 Å². The summed E-state index contributed by atoms with van der Waals surface area (Å²) in [5, 5.41) is 0. The van der Waals surface area contributed by atoms with Gasteiger partial charge in [-0.15, -0.1) is 0 Å². The first-order valence-corrected chi connectivity index (χ1v) is 12.7. The van der Waals surface area contributed by atoms with Crippen LogP contribution in [0.2, 0.25) is 0 Å². The fourth-order valence-electron chi connectivity index (χ4n) is 4.33. The molecule has 0 atom stereocenters. The smallest absolute Gasteiger partial charge is 0.146 e. The van der Waals surface area contributed by atoms with E-state index in [0.717, 1.165) is 35.7 Å². The molecule has 3 heterocycles. The normalized spacial score (nSPS) is 14.8. The van der Waals surface area contributed by atoms with Crippen LogP contribution < -0.4 is 0 Å². The Bertz CT molecular complexity index is 899. The molecule has 2 N–H and O–H groups in total. The summed E-state index contributed by atoms with van der Waals surface area (Å²) in [5.74, 6) is 0.819. The predicted octanol–water partition coefficient (Wildman–Crippen LogP) is 7.74. The topological polar surface area (TPSA) is 53.2 Å². The Morgan fingerprint density at radius 2 is 1.66 bits per heavy atom. The lowest BCUT2D eigenvalue weighted by molar-refractivity contribution is 0.303. The third kappa shape index (κ3) is 7.01. The van der Waals surface area contributed by atoms with Crippen LogP contribution >= 0.6 is 0 Å². The van der Waals surface area contributed by atoms with E-state index in [-0.39, 0.29) is 0 Å². The highest BCUT2D eigenvalue weighted by atomic mass is 16.5. The van der Waals surface area contributed by atoms with Crippen molar-refractivity contribution >= 4 is 11.8 Å². The molecule has 0 saturated heterocycles. The largest absolute Gasteiger partial charge is 0.494 e. The van der Waals surface area contributed by atoms with Crippen molar-refractivity contribution in [2.75, 3.05) is 7.11 Å². The number of aliphatic imine (C=N–C) groups is 1. The zero-order valence-corrected chi connectivity index (χ0v) is 20.3. The minimum absolute atomic E-state index is 0.819. The average Bonchev–Trinajstić information content (AvgIpc) is 3.54. The van der Waals surface area contributed by atoms with Crippen LogP contribution in [0.5, 0.6) is 0 Å². The van der Waals surface area contributed by atoms with E-state index in [1.807, 2.05) is 24.4 Å². The van der Waals surface area contributed by atoms with Gasteiger partial charge < -0.3 is 14.7 Å². The lowest BCUT2D eigenvalue weighted by Crippen LogP contribution is -1.93. The minimum atomic E-state index is 0.819. The first-order chi connectivity index (χ1) is 15.7. The highest BCUT2D eigenvalue weighted by Crippen LogP contribution is 2.27. The highest BCUT2D eigenvalue weighted by molar-refractivity contribution is 6.11. The van der Waals surface area contributed by atoms with Gasteiger partial charge in [-0.25, -0.2) is 4.99 Å². The fourth-order valence-corrected chi connectivity index (χ4v) is 4.33. The van der Waals surface area contributed by atoms with Gasteiger partial charge in [0.25, 0.3) is 0 Å². The lowest BCUT2D eigenvalue weighted by Gasteiger charge is -2.04. The number of nitrogens with zero attached hydrogens (tertiary/aromatic N) is 1. The average molecular weight is 436 g/mol. The van der Waals surface area contributed by atoms with E-state index in [9.17, 15) is 0 Å². The molecule has 4 nitrogen and oxygen atoms in total. The van der Waals surface area contributed by atoms with Crippen molar-refractivity contribution in [1.29, 1.82) is 0 Å². The summed E-state index contributed by atoms with van der Waals surface area (Å²) in [6, 6.07) is 6.43. The van der Waals surface area contributed by atoms with Crippen molar-refractivity contribution in [3.05, 3.63) is 64.6 Å². The maximum absolute atomic E-state index is 5.65. The number of aryl methyl sites for hydroxylation is 2. The molecule has 0 amide bonds. The first kappa shape index (κ1) is 24.2. The number of ether oxygens (including phenoxy) is 1. The number of rotatable bonds is 15. The second-order valence-corrected chi connectivity index (χ2v) is 8.89. The number of methoxy groups -OCH3 is 1. The van der Waals surface area contributed by atoms with Crippen LogP contribution in [0.15, 0.2) is 46.9 Å². The molecular weight excluding hydrogens is 394 g/mol. The zero-order valence-electron chi connectivity index (χ0n) is 20.3. The Morgan fingerprint density at radius 1 is 0.938 bits per heavy atom. The summed E-state index contributed by atoms with van der Waals surface area (Å²) in [4.78, 5) is 11.8. The molecule has 0 aliphatic carbocycles. The monoisotopic (exact) mass is 435 g/mol. The molecule has 2 aromatic rings. The van der Waals surface area contributed by atoms with Gasteiger partial charge in [0.05, 0.1) is 18.5 Å². The van der Waals surface area contributed by atoms with E-state index < -0.39 is 0 Å². The summed E-state index contributed by atoms with van der Waals surface area (Å²) in [5.41, 5.74) is 6.78. The number of hydrogen-bond donors (Lipinski definition) is 2. The molecule has 0 unspecified atom stereocenters. The molecule has 3 rings (SSSR count). The summed E-state index contributed by atoms with van der Waals surface area (Å²) < 4.78 is 5.65. The minimum Gasteiger partial charge on any atom is -0.494 e. The first-order valence-electron chi connectivity index (χ1n) is 12.7. The maximum Gasteiger partial charge on any atom is 0.146 e. The van der Waals surface area contributed by atoms with Crippen LogP contribution in [0.4, 0.5) is 0 Å². The third-order valence-corrected chi connectivity index (χ3v) is 6.23. The third-order valence-electron chi connectivity index (χ3n) is 6.23. The molecule has 4 heteroatoms. The number of hydrogen-bond acceptors (Lipinski definition) is 2. The van der Waals surface area contributed by atoms with E-state index in [0.29, 0.717) is 0 Å².